The number of carbonyl (C=O) groups excluding carboxylic acids is 3. The van der Waals surface area contributed by atoms with Gasteiger partial charge < -0.3 is 24.3 Å². The summed E-state index contributed by atoms with van der Waals surface area (Å²) in [4.78, 5) is 48.4. The van der Waals surface area contributed by atoms with Crippen molar-refractivity contribution < 1.29 is 19.1 Å². The Kier molecular flexibility index (Phi) is 7.41. The molecule has 0 N–H and O–H groups in total. The lowest BCUT2D eigenvalue weighted by Gasteiger charge is -2.48. The van der Waals surface area contributed by atoms with E-state index in [0.29, 0.717) is 44.3 Å². The molecule has 4 amide bonds. The highest BCUT2D eigenvalue weighted by Gasteiger charge is 2.37. The predicted octanol–water partition coefficient (Wildman–Crippen LogP) is 2.64. The predicted molar refractivity (Wildman–Crippen MR) is 147 cm³/mol. The zero-order valence-corrected chi connectivity index (χ0v) is 22.4. The molecule has 1 atom stereocenters. The van der Waals surface area contributed by atoms with Gasteiger partial charge in [-0.2, -0.15) is 0 Å². The van der Waals surface area contributed by atoms with Crippen molar-refractivity contribution in [1.82, 2.24) is 24.5 Å². The van der Waals surface area contributed by atoms with Crippen molar-refractivity contribution in [3.05, 3.63) is 65.7 Å². The molecule has 4 heterocycles. The van der Waals surface area contributed by atoms with E-state index in [9.17, 15) is 14.4 Å². The van der Waals surface area contributed by atoms with E-state index in [1.54, 1.807) is 0 Å². The molecule has 39 heavy (non-hydrogen) atoms. The van der Waals surface area contributed by atoms with Gasteiger partial charge in [0.05, 0.1) is 6.54 Å². The molecule has 9 nitrogen and oxygen atoms in total. The molecule has 2 aromatic carbocycles. The standard InChI is InChI=1S/C30H37N5O4/c36-28(23-6-2-1-3-7-23)32-18-16-31(17-19-32)25-20-35(21-25)29(37)24-8-10-26(11-9-24)39-27-12-15-34(22-27)30(38)33-13-4-5-14-33/h1-3,6-11,25,27H,4-5,12-22H2/t27-/m0/s1. The van der Waals surface area contributed by atoms with Gasteiger partial charge in [0.25, 0.3) is 11.8 Å². The molecular weight excluding hydrogens is 494 g/mol. The van der Waals surface area contributed by atoms with Gasteiger partial charge in [0, 0.05) is 82.5 Å². The summed E-state index contributed by atoms with van der Waals surface area (Å²) in [7, 11) is 0. The SMILES string of the molecule is O=C(c1ccccc1)N1CCN(C2CN(C(=O)c3ccc(O[C@H]4CCN(C(=O)N5CCCC5)C4)cc3)C2)CC1. The van der Waals surface area contributed by atoms with Crippen LogP contribution in [-0.2, 0) is 0 Å². The number of likely N-dealkylation sites (tertiary alicyclic amines) is 3. The molecule has 206 valence electrons. The van der Waals surface area contributed by atoms with Crippen molar-refractivity contribution in [3.8, 4) is 5.75 Å². The number of ether oxygens (including phenoxy) is 1. The van der Waals surface area contributed by atoms with Crippen molar-refractivity contribution >= 4 is 17.8 Å². The van der Waals surface area contributed by atoms with E-state index in [-0.39, 0.29) is 23.9 Å². The summed E-state index contributed by atoms with van der Waals surface area (Å²) in [5.74, 6) is 0.865. The molecule has 0 bridgehead atoms. The second-order valence-corrected chi connectivity index (χ2v) is 11.0. The maximum absolute atomic E-state index is 13.0. The van der Waals surface area contributed by atoms with Crippen LogP contribution in [0.1, 0.15) is 40.0 Å². The lowest BCUT2D eigenvalue weighted by Crippen LogP contribution is -2.64. The maximum atomic E-state index is 13.0. The fourth-order valence-corrected chi connectivity index (χ4v) is 6.06. The molecule has 4 aliphatic heterocycles. The lowest BCUT2D eigenvalue weighted by atomic mass is 10.0. The quantitative estimate of drug-likeness (QED) is 0.593. The molecule has 0 spiro atoms. The van der Waals surface area contributed by atoms with E-state index in [2.05, 4.69) is 4.90 Å². The molecule has 2 aromatic rings. The molecule has 0 radical (unpaired) electrons. The smallest absolute Gasteiger partial charge is 0.320 e. The first-order valence-corrected chi connectivity index (χ1v) is 14.2. The summed E-state index contributed by atoms with van der Waals surface area (Å²) >= 11 is 0. The molecule has 0 aromatic heterocycles. The maximum Gasteiger partial charge on any atom is 0.320 e. The molecule has 0 unspecified atom stereocenters. The third-order valence-electron chi connectivity index (χ3n) is 8.48. The van der Waals surface area contributed by atoms with Crippen LogP contribution in [0.5, 0.6) is 5.75 Å². The molecule has 4 saturated heterocycles. The normalized spacial score (nSPS) is 22.2. The number of rotatable bonds is 5. The van der Waals surface area contributed by atoms with Crippen molar-refractivity contribution in [3.63, 3.8) is 0 Å². The highest BCUT2D eigenvalue weighted by atomic mass is 16.5. The minimum atomic E-state index is -0.0160. The van der Waals surface area contributed by atoms with E-state index in [1.807, 2.05) is 74.2 Å². The lowest BCUT2D eigenvalue weighted by molar-refractivity contribution is 0.00853. The van der Waals surface area contributed by atoms with Crippen molar-refractivity contribution in [2.75, 3.05) is 65.4 Å². The number of amides is 4. The highest BCUT2D eigenvalue weighted by Crippen LogP contribution is 2.24. The summed E-state index contributed by atoms with van der Waals surface area (Å²) < 4.78 is 6.13. The largest absolute Gasteiger partial charge is 0.489 e. The summed E-state index contributed by atoms with van der Waals surface area (Å²) in [6.45, 7) is 7.58. The summed E-state index contributed by atoms with van der Waals surface area (Å²) in [6.07, 6.45) is 3.00. The van der Waals surface area contributed by atoms with Crippen LogP contribution in [0.15, 0.2) is 54.6 Å². The molecule has 4 aliphatic rings. The van der Waals surface area contributed by atoms with E-state index >= 15 is 0 Å². The third kappa shape index (κ3) is 5.59. The molecule has 9 heteroatoms. The number of benzene rings is 2. The summed E-state index contributed by atoms with van der Waals surface area (Å²) in [5.41, 5.74) is 1.40. The Morgan fingerprint density at radius 1 is 0.615 bits per heavy atom. The Balaban J connectivity index is 0.933. The third-order valence-corrected chi connectivity index (χ3v) is 8.48. The van der Waals surface area contributed by atoms with Gasteiger partial charge >= 0.3 is 6.03 Å². The van der Waals surface area contributed by atoms with Crippen LogP contribution in [-0.4, -0.2) is 120 Å². The van der Waals surface area contributed by atoms with Gasteiger partial charge in [0.2, 0.25) is 0 Å². The molecular formula is C30H37N5O4. The number of hydrogen-bond donors (Lipinski definition) is 0. The average Bonchev–Trinajstić information content (AvgIpc) is 3.66. The van der Waals surface area contributed by atoms with Crippen LogP contribution in [0.3, 0.4) is 0 Å². The van der Waals surface area contributed by atoms with Gasteiger partial charge in [-0.1, -0.05) is 18.2 Å². The number of piperazine rings is 1. The van der Waals surface area contributed by atoms with Gasteiger partial charge in [-0.15, -0.1) is 0 Å². The number of urea groups is 1. The molecule has 4 fully saturated rings. The summed E-state index contributed by atoms with van der Waals surface area (Å²) in [6, 6.07) is 17.3. The first kappa shape index (κ1) is 25.7. The minimum absolute atomic E-state index is 0.0160. The van der Waals surface area contributed by atoms with Crippen LogP contribution < -0.4 is 4.74 Å². The van der Waals surface area contributed by atoms with Crippen LogP contribution >= 0.6 is 0 Å². The van der Waals surface area contributed by atoms with Gasteiger partial charge in [0.1, 0.15) is 11.9 Å². The first-order chi connectivity index (χ1) is 19.0. The van der Waals surface area contributed by atoms with Crippen molar-refractivity contribution in [1.29, 1.82) is 0 Å². The number of hydrogen-bond acceptors (Lipinski definition) is 5. The van der Waals surface area contributed by atoms with E-state index in [4.69, 9.17) is 4.74 Å². The van der Waals surface area contributed by atoms with Gasteiger partial charge in [0.15, 0.2) is 0 Å². The van der Waals surface area contributed by atoms with Crippen LogP contribution in [0.4, 0.5) is 4.79 Å². The van der Waals surface area contributed by atoms with Gasteiger partial charge in [-0.3, -0.25) is 14.5 Å². The number of carbonyl (C=O) groups is 3. The van der Waals surface area contributed by atoms with E-state index in [1.165, 1.54) is 0 Å². The monoisotopic (exact) mass is 531 g/mol. The Bertz CT molecular complexity index is 1170. The zero-order valence-electron chi connectivity index (χ0n) is 22.4. The fraction of sp³-hybridized carbons (Fsp3) is 0.500. The molecule has 6 rings (SSSR count). The van der Waals surface area contributed by atoms with Gasteiger partial charge in [-0.25, -0.2) is 4.79 Å². The van der Waals surface area contributed by atoms with E-state index < -0.39 is 0 Å². The van der Waals surface area contributed by atoms with Crippen molar-refractivity contribution in [2.24, 2.45) is 0 Å². The van der Waals surface area contributed by atoms with Crippen molar-refractivity contribution in [2.45, 2.75) is 31.4 Å². The molecule has 0 saturated carbocycles. The number of nitrogens with zero attached hydrogens (tertiary/aromatic N) is 5. The fourth-order valence-electron chi connectivity index (χ4n) is 6.06. The Labute approximate surface area is 229 Å². The van der Waals surface area contributed by atoms with Gasteiger partial charge in [-0.05, 0) is 49.2 Å². The average molecular weight is 532 g/mol. The minimum Gasteiger partial charge on any atom is -0.489 e. The zero-order chi connectivity index (χ0) is 26.8. The van der Waals surface area contributed by atoms with Crippen LogP contribution in [0.2, 0.25) is 0 Å². The van der Waals surface area contributed by atoms with E-state index in [0.717, 1.165) is 63.3 Å². The van der Waals surface area contributed by atoms with Crippen LogP contribution in [0.25, 0.3) is 0 Å². The second kappa shape index (κ2) is 11.3. The second-order valence-electron chi connectivity index (χ2n) is 11.0. The Hall–Kier alpha value is -3.59. The Morgan fingerprint density at radius 2 is 1.26 bits per heavy atom. The van der Waals surface area contributed by atoms with Crippen LogP contribution in [0, 0.1) is 0 Å². The topological polar surface area (TPSA) is 76.6 Å². The molecule has 0 aliphatic carbocycles. The summed E-state index contributed by atoms with van der Waals surface area (Å²) in [5, 5.41) is 0. The Morgan fingerprint density at radius 3 is 1.95 bits per heavy atom. The highest BCUT2D eigenvalue weighted by molar-refractivity contribution is 5.95. The first-order valence-electron chi connectivity index (χ1n) is 14.2.